The van der Waals surface area contributed by atoms with Crippen molar-refractivity contribution in [3.05, 3.63) is 95.9 Å². The van der Waals surface area contributed by atoms with Gasteiger partial charge < -0.3 is 5.73 Å². The van der Waals surface area contributed by atoms with Crippen molar-refractivity contribution in [3.8, 4) is 0 Å². The molecule has 0 bridgehead atoms. The molecule has 2 heterocycles. The molecule has 0 aliphatic heterocycles. The average molecular weight is 379 g/mol. The molecule has 0 atom stereocenters. The number of rotatable bonds is 4. The molecule has 0 aliphatic rings. The molecular formula is C24H17N3O2. The summed E-state index contributed by atoms with van der Waals surface area (Å²) < 4.78 is 1.70. The van der Waals surface area contributed by atoms with Crippen molar-refractivity contribution >= 4 is 38.8 Å². The normalized spacial score (nSPS) is 11.3. The standard InChI is InChI=1S/C24H17N3O2/c25-13-22(28)19-12-21(27-14-26-20-11-4-3-9-18(20)23(19)27)24(29)17-10-5-7-15-6-1-2-8-16(15)17/h1-12,14H,13,25H2. The van der Waals surface area contributed by atoms with E-state index < -0.39 is 0 Å². The van der Waals surface area contributed by atoms with Crippen LogP contribution in [-0.2, 0) is 0 Å². The fourth-order valence-corrected chi connectivity index (χ4v) is 3.88. The number of fused-ring (bicyclic) bond motifs is 4. The topological polar surface area (TPSA) is 77.5 Å². The highest BCUT2D eigenvalue weighted by Gasteiger charge is 2.22. The van der Waals surface area contributed by atoms with Crippen molar-refractivity contribution in [3.63, 3.8) is 0 Å². The summed E-state index contributed by atoms with van der Waals surface area (Å²) in [7, 11) is 0. The molecule has 5 aromatic rings. The number of nitrogens with two attached hydrogens (primary N) is 1. The maximum Gasteiger partial charge on any atom is 0.210 e. The Kier molecular flexibility index (Phi) is 3.96. The van der Waals surface area contributed by atoms with Gasteiger partial charge in [0.05, 0.1) is 23.3 Å². The third-order valence-corrected chi connectivity index (χ3v) is 5.26. The van der Waals surface area contributed by atoms with Crippen molar-refractivity contribution in [2.75, 3.05) is 6.54 Å². The lowest BCUT2D eigenvalue weighted by molar-refractivity contribution is 0.100. The number of aromatic nitrogens is 2. The molecule has 0 aliphatic carbocycles. The second-order valence-electron chi connectivity index (χ2n) is 6.91. The van der Waals surface area contributed by atoms with Gasteiger partial charge in [-0.15, -0.1) is 0 Å². The van der Waals surface area contributed by atoms with Gasteiger partial charge in [0.1, 0.15) is 6.33 Å². The van der Waals surface area contributed by atoms with E-state index in [1.54, 1.807) is 16.8 Å². The van der Waals surface area contributed by atoms with Gasteiger partial charge in [-0.1, -0.05) is 60.7 Å². The van der Waals surface area contributed by atoms with Crippen LogP contribution in [-0.4, -0.2) is 27.5 Å². The van der Waals surface area contributed by atoms with Crippen LogP contribution in [0.15, 0.2) is 79.1 Å². The maximum atomic E-state index is 13.5. The van der Waals surface area contributed by atoms with E-state index in [4.69, 9.17) is 5.73 Å². The SMILES string of the molecule is NCC(=O)c1cc(C(=O)c2cccc3ccccc23)n2cnc3ccccc3c12. The van der Waals surface area contributed by atoms with Crippen LogP contribution in [0.3, 0.4) is 0 Å². The van der Waals surface area contributed by atoms with E-state index in [0.29, 0.717) is 22.3 Å². The fraction of sp³-hybridized carbons (Fsp3) is 0.0417. The number of carbonyl (C=O) groups is 2. The van der Waals surface area contributed by atoms with Crippen LogP contribution in [0.1, 0.15) is 26.4 Å². The summed E-state index contributed by atoms with van der Waals surface area (Å²) in [6, 6.07) is 22.6. The lowest BCUT2D eigenvalue weighted by Gasteiger charge is -2.07. The van der Waals surface area contributed by atoms with Crippen LogP contribution in [0.25, 0.3) is 27.2 Å². The fourth-order valence-electron chi connectivity index (χ4n) is 3.88. The van der Waals surface area contributed by atoms with Crippen molar-refractivity contribution in [1.29, 1.82) is 0 Å². The Balaban J connectivity index is 1.82. The third-order valence-electron chi connectivity index (χ3n) is 5.26. The molecule has 0 amide bonds. The summed E-state index contributed by atoms with van der Waals surface area (Å²) in [6.45, 7) is -0.127. The summed E-state index contributed by atoms with van der Waals surface area (Å²) in [5, 5.41) is 2.67. The Labute approximate surface area is 166 Å². The second kappa shape index (κ2) is 6.65. The summed E-state index contributed by atoms with van der Waals surface area (Å²) >= 11 is 0. The lowest BCUT2D eigenvalue weighted by atomic mass is 9.99. The van der Waals surface area contributed by atoms with Gasteiger partial charge in [-0.05, 0) is 22.9 Å². The van der Waals surface area contributed by atoms with E-state index in [0.717, 1.165) is 21.7 Å². The van der Waals surface area contributed by atoms with Crippen LogP contribution in [0.2, 0.25) is 0 Å². The van der Waals surface area contributed by atoms with Crippen molar-refractivity contribution < 1.29 is 9.59 Å². The molecule has 5 nitrogen and oxygen atoms in total. The van der Waals surface area contributed by atoms with E-state index in [9.17, 15) is 9.59 Å². The molecule has 3 aromatic carbocycles. The van der Waals surface area contributed by atoms with E-state index in [-0.39, 0.29) is 18.1 Å². The highest BCUT2D eigenvalue weighted by Crippen LogP contribution is 2.28. The Morgan fingerprint density at radius 2 is 1.59 bits per heavy atom. The van der Waals surface area contributed by atoms with Crippen LogP contribution in [0, 0.1) is 0 Å². The zero-order valence-corrected chi connectivity index (χ0v) is 15.5. The number of nitrogens with zero attached hydrogens (tertiary/aromatic N) is 2. The van der Waals surface area contributed by atoms with Gasteiger partial charge in [-0.2, -0.15) is 0 Å². The number of para-hydroxylation sites is 1. The predicted octanol–water partition coefficient (Wildman–Crippen LogP) is 4.01. The van der Waals surface area contributed by atoms with E-state index >= 15 is 0 Å². The molecule has 0 fully saturated rings. The van der Waals surface area contributed by atoms with Crippen molar-refractivity contribution in [2.45, 2.75) is 0 Å². The summed E-state index contributed by atoms with van der Waals surface area (Å²) in [5.74, 6) is -0.374. The summed E-state index contributed by atoms with van der Waals surface area (Å²) in [6.07, 6.45) is 1.60. The number of ketones is 2. The molecule has 29 heavy (non-hydrogen) atoms. The van der Waals surface area contributed by atoms with Crippen molar-refractivity contribution in [1.82, 2.24) is 9.38 Å². The number of carbonyl (C=O) groups excluding carboxylic acids is 2. The van der Waals surface area contributed by atoms with E-state index in [2.05, 4.69) is 4.98 Å². The molecule has 0 unspecified atom stereocenters. The smallest absolute Gasteiger partial charge is 0.210 e. The number of benzene rings is 3. The number of Topliss-reactive ketones (excluding diaryl/α,β-unsaturated/α-hetero) is 1. The van der Waals surface area contributed by atoms with Gasteiger partial charge in [0.2, 0.25) is 5.78 Å². The minimum absolute atomic E-state index is 0.127. The first kappa shape index (κ1) is 17.3. The lowest BCUT2D eigenvalue weighted by Crippen LogP contribution is -2.13. The molecule has 0 radical (unpaired) electrons. The van der Waals surface area contributed by atoms with Gasteiger partial charge >= 0.3 is 0 Å². The molecule has 0 saturated heterocycles. The first-order valence-electron chi connectivity index (χ1n) is 9.33. The first-order chi connectivity index (χ1) is 14.2. The highest BCUT2D eigenvalue weighted by atomic mass is 16.1. The van der Waals surface area contributed by atoms with Gasteiger partial charge in [0, 0.05) is 16.5 Å². The maximum absolute atomic E-state index is 13.5. The van der Waals surface area contributed by atoms with Gasteiger partial charge in [0.25, 0.3) is 0 Å². The molecule has 0 spiro atoms. The Morgan fingerprint density at radius 1 is 0.862 bits per heavy atom. The number of hydrogen-bond acceptors (Lipinski definition) is 4. The quantitative estimate of drug-likeness (QED) is 0.479. The minimum atomic E-state index is -0.212. The Hall–Kier alpha value is -3.83. The number of hydrogen-bond donors (Lipinski definition) is 1. The van der Waals surface area contributed by atoms with Gasteiger partial charge in [0.15, 0.2) is 5.78 Å². The van der Waals surface area contributed by atoms with Crippen LogP contribution in [0.5, 0.6) is 0 Å². The molecule has 5 heteroatoms. The van der Waals surface area contributed by atoms with E-state index in [1.165, 1.54) is 0 Å². The third kappa shape index (κ3) is 2.63. The minimum Gasteiger partial charge on any atom is -0.324 e. The largest absolute Gasteiger partial charge is 0.324 e. The summed E-state index contributed by atoms with van der Waals surface area (Å²) in [5.41, 5.74) is 8.49. The molecule has 5 rings (SSSR count). The van der Waals surface area contributed by atoms with Crippen LogP contribution >= 0.6 is 0 Å². The van der Waals surface area contributed by atoms with Gasteiger partial charge in [-0.3, -0.25) is 14.0 Å². The van der Waals surface area contributed by atoms with Crippen molar-refractivity contribution in [2.24, 2.45) is 5.73 Å². The first-order valence-corrected chi connectivity index (χ1v) is 9.33. The van der Waals surface area contributed by atoms with Crippen LogP contribution < -0.4 is 5.73 Å². The van der Waals surface area contributed by atoms with E-state index in [1.807, 2.05) is 66.7 Å². The molecule has 140 valence electrons. The highest BCUT2D eigenvalue weighted by molar-refractivity contribution is 6.19. The Morgan fingerprint density at radius 3 is 2.41 bits per heavy atom. The van der Waals surface area contributed by atoms with Crippen LogP contribution in [0.4, 0.5) is 0 Å². The summed E-state index contributed by atoms with van der Waals surface area (Å²) in [4.78, 5) is 30.6. The molecular weight excluding hydrogens is 362 g/mol. The Bertz CT molecular complexity index is 1430. The zero-order valence-electron chi connectivity index (χ0n) is 15.5. The monoisotopic (exact) mass is 379 g/mol. The zero-order chi connectivity index (χ0) is 20.0. The molecule has 2 aromatic heterocycles. The average Bonchev–Trinajstić information content (AvgIpc) is 3.18. The molecule has 2 N–H and O–H groups in total. The predicted molar refractivity (Wildman–Crippen MR) is 113 cm³/mol. The molecule has 0 saturated carbocycles. The second-order valence-corrected chi connectivity index (χ2v) is 6.91. The van der Waals surface area contributed by atoms with Gasteiger partial charge in [-0.25, -0.2) is 4.98 Å².